The van der Waals surface area contributed by atoms with Gasteiger partial charge in [0.1, 0.15) is 6.10 Å². The molecule has 2 atom stereocenters. The van der Waals surface area contributed by atoms with Crippen LogP contribution in [0, 0.1) is 11.3 Å². The number of piperidine rings is 1. The Hall–Kier alpha value is -0.810. The number of nitrogens with zero attached hydrogens (tertiary/aromatic N) is 1. The molecule has 2 saturated heterocycles. The van der Waals surface area contributed by atoms with E-state index in [4.69, 9.17) is 27.9 Å². The molecule has 4 nitrogen and oxygen atoms in total. The first-order valence-electron chi connectivity index (χ1n) is 8.65. The van der Waals surface area contributed by atoms with Gasteiger partial charge < -0.3 is 15.0 Å². The predicted molar refractivity (Wildman–Crippen MR) is 94.4 cm³/mol. The van der Waals surface area contributed by atoms with Crippen LogP contribution in [0.15, 0.2) is 18.2 Å². The molecule has 0 radical (unpaired) electrons. The third-order valence-electron chi connectivity index (χ3n) is 5.78. The van der Waals surface area contributed by atoms with E-state index in [9.17, 15) is 4.79 Å². The van der Waals surface area contributed by atoms with E-state index < -0.39 is 0 Å². The highest BCUT2D eigenvalue weighted by Gasteiger charge is 2.58. The molecule has 2 heterocycles. The van der Waals surface area contributed by atoms with Crippen molar-refractivity contribution in [2.45, 2.75) is 25.4 Å². The Bertz CT molecular complexity index is 646. The number of rotatable bonds is 2. The Morgan fingerprint density at radius 1 is 1.25 bits per heavy atom. The van der Waals surface area contributed by atoms with Crippen molar-refractivity contribution in [1.82, 2.24) is 10.2 Å². The fourth-order valence-corrected chi connectivity index (χ4v) is 4.46. The summed E-state index contributed by atoms with van der Waals surface area (Å²) in [5, 5.41) is 4.45. The monoisotopic (exact) mass is 368 g/mol. The topological polar surface area (TPSA) is 41.6 Å². The molecule has 4 rings (SSSR count). The number of carbonyl (C=O) groups excluding carboxylic acids is 1. The van der Waals surface area contributed by atoms with Crippen LogP contribution in [0.25, 0.3) is 0 Å². The van der Waals surface area contributed by atoms with Crippen LogP contribution in [-0.4, -0.2) is 43.6 Å². The number of hydrogen-bond acceptors (Lipinski definition) is 3. The Labute approximate surface area is 152 Å². The first-order valence-corrected chi connectivity index (χ1v) is 9.41. The minimum atomic E-state index is -0.125. The number of morpholine rings is 1. The highest BCUT2D eigenvalue weighted by atomic mass is 35.5. The minimum Gasteiger partial charge on any atom is -0.370 e. The van der Waals surface area contributed by atoms with E-state index in [0.717, 1.165) is 37.9 Å². The van der Waals surface area contributed by atoms with Gasteiger partial charge in [-0.2, -0.15) is 0 Å². The molecule has 1 saturated carbocycles. The van der Waals surface area contributed by atoms with Crippen molar-refractivity contribution < 1.29 is 9.53 Å². The highest BCUT2D eigenvalue weighted by Crippen LogP contribution is 2.59. The highest BCUT2D eigenvalue weighted by molar-refractivity contribution is 6.42. The van der Waals surface area contributed by atoms with E-state index >= 15 is 0 Å². The number of halogens is 2. The standard InChI is InChI=1S/C18H22Cl2N2O2/c19-14-2-1-12(9-15(14)20)16-11-22(7-8-24-16)17(23)13-10-18(13)3-5-21-6-4-18/h1-2,9,13,16,21H,3-8,10-11H2. The maximum atomic E-state index is 12.9. The molecule has 1 amide bonds. The van der Waals surface area contributed by atoms with Gasteiger partial charge in [0.25, 0.3) is 0 Å². The van der Waals surface area contributed by atoms with Crippen LogP contribution in [0.2, 0.25) is 10.0 Å². The normalized spacial score (nSPS) is 28.8. The summed E-state index contributed by atoms with van der Waals surface area (Å²) in [4.78, 5) is 14.9. The Balaban J connectivity index is 1.43. The molecule has 6 heteroatoms. The van der Waals surface area contributed by atoms with Gasteiger partial charge in [-0.25, -0.2) is 0 Å². The molecule has 2 unspecified atom stereocenters. The van der Waals surface area contributed by atoms with Crippen molar-refractivity contribution in [3.63, 3.8) is 0 Å². The van der Waals surface area contributed by atoms with Crippen LogP contribution < -0.4 is 5.32 Å². The summed E-state index contributed by atoms with van der Waals surface area (Å²) in [6, 6.07) is 5.56. The van der Waals surface area contributed by atoms with Crippen molar-refractivity contribution in [2.24, 2.45) is 11.3 Å². The zero-order valence-corrected chi connectivity index (χ0v) is 15.1. The molecule has 1 aliphatic carbocycles. The maximum absolute atomic E-state index is 12.9. The van der Waals surface area contributed by atoms with Crippen molar-refractivity contribution in [1.29, 1.82) is 0 Å². The smallest absolute Gasteiger partial charge is 0.226 e. The summed E-state index contributed by atoms with van der Waals surface area (Å²) in [5.41, 5.74) is 1.26. The lowest BCUT2D eigenvalue weighted by Gasteiger charge is -2.34. The molecule has 24 heavy (non-hydrogen) atoms. The summed E-state index contributed by atoms with van der Waals surface area (Å²) in [6.07, 6.45) is 3.19. The van der Waals surface area contributed by atoms with Crippen molar-refractivity contribution in [3.8, 4) is 0 Å². The van der Waals surface area contributed by atoms with E-state index in [2.05, 4.69) is 5.32 Å². The summed E-state index contributed by atoms with van der Waals surface area (Å²) in [6.45, 7) is 3.93. The van der Waals surface area contributed by atoms with Crippen LogP contribution in [0.3, 0.4) is 0 Å². The van der Waals surface area contributed by atoms with E-state index in [1.165, 1.54) is 0 Å². The average molecular weight is 369 g/mol. The quantitative estimate of drug-likeness (QED) is 0.870. The summed E-state index contributed by atoms with van der Waals surface area (Å²) < 4.78 is 5.87. The molecule has 0 aromatic heterocycles. The predicted octanol–water partition coefficient (Wildman–Crippen LogP) is 3.28. The van der Waals surface area contributed by atoms with Crippen LogP contribution >= 0.6 is 23.2 Å². The second-order valence-electron chi connectivity index (χ2n) is 7.19. The second kappa shape index (κ2) is 6.49. The number of hydrogen-bond donors (Lipinski definition) is 1. The maximum Gasteiger partial charge on any atom is 0.226 e. The molecule has 1 aromatic carbocycles. The zero-order chi connectivity index (χ0) is 16.7. The molecule has 3 fully saturated rings. The molecule has 1 aromatic rings. The third kappa shape index (κ3) is 3.05. The molecule has 130 valence electrons. The van der Waals surface area contributed by atoms with Crippen LogP contribution in [0.5, 0.6) is 0 Å². The molecule has 1 spiro atoms. The molecule has 3 aliphatic rings. The number of nitrogens with one attached hydrogen (secondary N) is 1. The lowest BCUT2D eigenvalue weighted by Crippen LogP contribution is -2.44. The van der Waals surface area contributed by atoms with Crippen molar-refractivity contribution in [2.75, 3.05) is 32.8 Å². The average Bonchev–Trinajstić information content (AvgIpc) is 3.30. The van der Waals surface area contributed by atoms with E-state index in [0.29, 0.717) is 35.6 Å². The zero-order valence-electron chi connectivity index (χ0n) is 13.6. The summed E-state index contributed by atoms with van der Waals surface area (Å²) >= 11 is 12.1. The van der Waals surface area contributed by atoms with Gasteiger partial charge in [-0.1, -0.05) is 29.3 Å². The van der Waals surface area contributed by atoms with Crippen LogP contribution in [0.4, 0.5) is 0 Å². The van der Waals surface area contributed by atoms with Gasteiger partial charge in [-0.05, 0) is 55.5 Å². The SMILES string of the molecule is O=C(C1CC12CCNCC2)N1CCOC(c2ccc(Cl)c(Cl)c2)C1. The first-order chi connectivity index (χ1) is 11.6. The summed E-state index contributed by atoms with van der Waals surface area (Å²) in [5.74, 6) is 0.525. The van der Waals surface area contributed by atoms with Crippen LogP contribution in [0.1, 0.15) is 30.9 Å². The lowest BCUT2D eigenvalue weighted by atomic mass is 9.91. The summed E-state index contributed by atoms with van der Waals surface area (Å²) in [7, 11) is 0. The van der Waals surface area contributed by atoms with E-state index in [1.807, 2.05) is 17.0 Å². The number of benzene rings is 1. The van der Waals surface area contributed by atoms with E-state index in [-0.39, 0.29) is 17.4 Å². The van der Waals surface area contributed by atoms with Gasteiger partial charge in [-0.3, -0.25) is 4.79 Å². The molecular weight excluding hydrogens is 347 g/mol. The molecule has 2 aliphatic heterocycles. The van der Waals surface area contributed by atoms with Gasteiger partial charge >= 0.3 is 0 Å². The third-order valence-corrected chi connectivity index (χ3v) is 6.52. The number of amides is 1. The molecule has 0 bridgehead atoms. The van der Waals surface area contributed by atoms with Gasteiger partial charge in [0, 0.05) is 12.5 Å². The minimum absolute atomic E-state index is 0.125. The molecule has 1 N–H and O–H groups in total. The van der Waals surface area contributed by atoms with Gasteiger partial charge in [0.2, 0.25) is 5.91 Å². The first kappa shape index (κ1) is 16.6. The number of ether oxygens (including phenoxy) is 1. The Morgan fingerprint density at radius 2 is 2.04 bits per heavy atom. The van der Waals surface area contributed by atoms with Crippen LogP contribution in [-0.2, 0) is 9.53 Å². The van der Waals surface area contributed by atoms with Gasteiger partial charge in [-0.15, -0.1) is 0 Å². The fourth-order valence-electron chi connectivity index (χ4n) is 4.16. The van der Waals surface area contributed by atoms with Gasteiger partial charge in [0.05, 0.1) is 23.2 Å². The Kier molecular flexibility index (Phi) is 4.50. The van der Waals surface area contributed by atoms with Crippen molar-refractivity contribution in [3.05, 3.63) is 33.8 Å². The van der Waals surface area contributed by atoms with Crippen molar-refractivity contribution >= 4 is 29.1 Å². The molecular formula is C18H22Cl2N2O2. The van der Waals surface area contributed by atoms with E-state index in [1.54, 1.807) is 6.07 Å². The largest absolute Gasteiger partial charge is 0.370 e. The van der Waals surface area contributed by atoms with Gasteiger partial charge in [0.15, 0.2) is 0 Å². The fraction of sp³-hybridized carbons (Fsp3) is 0.611. The lowest BCUT2D eigenvalue weighted by molar-refractivity contribution is -0.141. The number of carbonyl (C=O) groups is 1. The Morgan fingerprint density at radius 3 is 2.79 bits per heavy atom. The second-order valence-corrected chi connectivity index (χ2v) is 8.00.